The van der Waals surface area contributed by atoms with Crippen LogP contribution < -0.4 is 15.8 Å². The highest BCUT2D eigenvalue weighted by atomic mass is 35.5. The van der Waals surface area contributed by atoms with Gasteiger partial charge in [0, 0.05) is 36.4 Å². The molecule has 11 heteroatoms. The lowest BCUT2D eigenvalue weighted by Crippen LogP contribution is -2.35. The lowest BCUT2D eigenvalue weighted by atomic mass is 9.99. The smallest absolute Gasteiger partial charge is 0.162 e. The molecule has 2 unspecified atom stereocenters. The van der Waals surface area contributed by atoms with Crippen molar-refractivity contribution in [3.05, 3.63) is 46.4 Å². The molecule has 3 heterocycles. The quantitative estimate of drug-likeness (QED) is 0.478. The Bertz CT molecular complexity index is 1170. The van der Waals surface area contributed by atoms with Crippen LogP contribution >= 0.6 is 11.6 Å². The van der Waals surface area contributed by atoms with E-state index in [9.17, 15) is 19.0 Å². The number of nitrogens with zero attached hydrogens (tertiary/aromatic N) is 3. The van der Waals surface area contributed by atoms with Gasteiger partial charge >= 0.3 is 0 Å². The summed E-state index contributed by atoms with van der Waals surface area (Å²) in [6.45, 7) is 0.858. The number of nitrogens with one attached hydrogen (secondary N) is 1. The van der Waals surface area contributed by atoms with Gasteiger partial charge in [-0.15, -0.1) is 0 Å². The molecule has 1 fully saturated rings. The number of nitrogens with two attached hydrogens (primary N) is 1. The number of ether oxygens (including phenoxy) is 1. The Morgan fingerprint density at radius 2 is 2.03 bits per heavy atom. The Kier molecular flexibility index (Phi) is 4.97. The molecule has 0 saturated heterocycles. The predicted octanol–water partition coefficient (Wildman–Crippen LogP) is 1.70. The second-order valence-corrected chi connectivity index (χ2v) is 8.24. The zero-order chi connectivity index (χ0) is 21.9. The van der Waals surface area contributed by atoms with Crippen LogP contribution in [0, 0.1) is 11.6 Å². The van der Waals surface area contributed by atoms with Crippen LogP contribution in [0.3, 0.4) is 0 Å². The van der Waals surface area contributed by atoms with Crippen molar-refractivity contribution in [2.75, 3.05) is 12.3 Å². The highest BCUT2D eigenvalue weighted by Crippen LogP contribution is 2.40. The normalized spacial score (nSPS) is 25.7. The van der Waals surface area contributed by atoms with Gasteiger partial charge in [0.1, 0.15) is 41.9 Å². The van der Waals surface area contributed by atoms with E-state index in [1.54, 1.807) is 10.8 Å². The van der Waals surface area contributed by atoms with E-state index >= 15 is 0 Å². The molecule has 5 N–H and O–H groups in total. The van der Waals surface area contributed by atoms with Crippen LogP contribution in [0.5, 0.6) is 5.75 Å². The van der Waals surface area contributed by atoms with Crippen LogP contribution in [0.25, 0.3) is 11.0 Å². The average molecular weight is 452 g/mol. The van der Waals surface area contributed by atoms with E-state index < -0.39 is 36.0 Å². The maximum Gasteiger partial charge on any atom is 0.162 e. The molecule has 2 aromatic heterocycles. The van der Waals surface area contributed by atoms with Gasteiger partial charge in [0.25, 0.3) is 0 Å². The van der Waals surface area contributed by atoms with Gasteiger partial charge in [-0.2, -0.15) is 0 Å². The molecule has 0 bridgehead atoms. The maximum absolute atomic E-state index is 14.2. The number of aromatic nitrogens is 3. The Hall–Kier alpha value is -2.53. The van der Waals surface area contributed by atoms with Gasteiger partial charge in [-0.3, -0.25) is 0 Å². The lowest BCUT2D eigenvalue weighted by Gasteiger charge is -2.25. The summed E-state index contributed by atoms with van der Waals surface area (Å²) in [6, 6.07) is 0.368. The minimum atomic E-state index is -1.26. The van der Waals surface area contributed by atoms with E-state index in [0.29, 0.717) is 41.1 Å². The first-order valence-corrected chi connectivity index (χ1v) is 10.2. The number of fused-ring (bicyclic) bond motifs is 2. The fourth-order valence-corrected chi connectivity index (χ4v) is 4.80. The minimum absolute atomic E-state index is 0.153. The third-order valence-electron chi connectivity index (χ3n) is 6.07. The van der Waals surface area contributed by atoms with Crippen molar-refractivity contribution >= 4 is 28.5 Å². The number of hydrogen-bond acceptors (Lipinski definition) is 7. The number of benzene rings is 1. The van der Waals surface area contributed by atoms with Crippen molar-refractivity contribution in [2.45, 2.75) is 43.7 Å². The van der Waals surface area contributed by atoms with E-state index in [0.717, 1.165) is 6.07 Å². The van der Waals surface area contributed by atoms with Crippen LogP contribution in [0.1, 0.15) is 23.6 Å². The number of halogens is 3. The molecule has 1 saturated carbocycles. The third kappa shape index (κ3) is 3.21. The summed E-state index contributed by atoms with van der Waals surface area (Å²) in [5, 5.41) is 25.3. The summed E-state index contributed by atoms with van der Waals surface area (Å²) in [6.07, 6.45) is 0.0654. The topological polar surface area (TPSA) is 118 Å². The summed E-state index contributed by atoms with van der Waals surface area (Å²) in [5.74, 6) is -1.52. The summed E-state index contributed by atoms with van der Waals surface area (Å²) in [7, 11) is 0. The van der Waals surface area contributed by atoms with E-state index in [1.165, 1.54) is 6.33 Å². The molecule has 0 spiro atoms. The SMILES string of the molecule is Nc1ncnc2c1c(Cl)cn2C1CC(Oc2cc(F)c(F)c3c2CNCC3)[C@@H](O)[C@H]1O. The van der Waals surface area contributed by atoms with Crippen molar-refractivity contribution in [1.29, 1.82) is 0 Å². The van der Waals surface area contributed by atoms with Gasteiger partial charge in [-0.1, -0.05) is 11.6 Å². The zero-order valence-electron chi connectivity index (χ0n) is 16.2. The van der Waals surface area contributed by atoms with Crippen LogP contribution in [0.4, 0.5) is 14.6 Å². The first kappa shape index (κ1) is 20.4. The van der Waals surface area contributed by atoms with Crippen molar-refractivity contribution in [3.8, 4) is 5.75 Å². The van der Waals surface area contributed by atoms with E-state index in [1.807, 2.05) is 0 Å². The van der Waals surface area contributed by atoms with Gasteiger partial charge in [0.05, 0.1) is 16.5 Å². The molecule has 164 valence electrons. The van der Waals surface area contributed by atoms with E-state index in [2.05, 4.69) is 15.3 Å². The highest BCUT2D eigenvalue weighted by Gasteiger charge is 2.45. The third-order valence-corrected chi connectivity index (χ3v) is 6.36. The fraction of sp³-hybridized carbons (Fsp3) is 0.400. The van der Waals surface area contributed by atoms with Gasteiger partial charge in [-0.05, 0) is 13.0 Å². The molecule has 4 atom stereocenters. The number of rotatable bonds is 3. The Morgan fingerprint density at radius 3 is 2.84 bits per heavy atom. The van der Waals surface area contributed by atoms with Crippen LogP contribution in [0.15, 0.2) is 18.6 Å². The van der Waals surface area contributed by atoms with Crippen molar-refractivity contribution in [1.82, 2.24) is 19.9 Å². The zero-order valence-corrected chi connectivity index (χ0v) is 17.0. The average Bonchev–Trinajstić information content (AvgIpc) is 3.24. The maximum atomic E-state index is 14.2. The predicted molar refractivity (Wildman–Crippen MR) is 109 cm³/mol. The van der Waals surface area contributed by atoms with Gasteiger partial charge in [0.2, 0.25) is 0 Å². The van der Waals surface area contributed by atoms with Gasteiger partial charge < -0.3 is 30.6 Å². The number of anilines is 1. The summed E-state index contributed by atoms with van der Waals surface area (Å²) in [5.41, 5.74) is 7.10. The highest BCUT2D eigenvalue weighted by molar-refractivity contribution is 6.36. The summed E-state index contributed by atoms with van der Waals surface area (Å²) < 4.78 is 35.9. The number of nitrogen functional groups attached to an aromatic ring is 1. The van der Waals surface area contributed by atoms with E-state index in [-0.39, 0.29) is 23.6 Å². The molecular weight excluding hydrogens is 432 g/mol. The first-order valence-electron chi connectivity index (χ1n) is 9.86. The molecule has 31 heavy (non-hydrogen) atoms. The van der Waals surface area contributed by atoms with Gasteiger partial charge in [-0.25, -0.2) is 18.7 Å². The second-order valence-electron chi connectivity index (χ2n) is 7.84. The number of hydrogen-bond donors (Lipinski definition) is 4. The van der Waals surface area contributed by atoms with E-state index in [4.69, 9.17) is 22.1 Å². The molecule has 5 rings (SSSR count). The Balaban J connectivity index is 1.48. The van der Waals surface area contributed by atoms with Crippen LogP contribution in [-0.2, 0) is 13.0 Å². The van der Waals surface area contributed by atoms with Crippen molar-refractivity contribution < 1.29 is 23.7 Å². The number of aliphatic hydroxyl groups is 2. The standard InChI is InChI=1S/C20H20ClF2N5O3/c21-10-6-28(20-15(10)19(24)26-7-27-20)12-4-14(18(30)17(12)29)31-13-3-11(22)16(23)8-1-2-25-5-9(8)13/h3,6-7,12,14,17-18,25,29-30H,1-2,4-5H2,(H2,24,26,27)/t12?,14?,17-,18+/m0/s1. The Labute approximate surface area is 180 Å². The molecule has 0 amide bonds. The fourth-order valence-electron chi connectivity index (χ4n) is 4.52. The summed E-state index contributed by atoms with van der Waals surface area (Å²) in [4.78, 5) is 8.14. The van der Waals surface area contributed by atoms with Crippen LogP contribution in [-0.4, -0.2) is 49.6 Å². The minimum Gasteiger partial charge on any atom is -0.487 e. The largest absolute Gasteiger partial charge is 0.487 e. The molecule has 0 radical (unpaired) electrons. The molecule has 2 aliphatic rings. The monoisotopic (exact) mass is 451 g/mol. The van der Waals surface area contributed by atoms with Crippen molar-refractivity contribution in [2.24, 2.45) is 0 Å². The van der Waals surface area contributed by atoms with Crippen molar-refractivity contribution in [3.63, 3.8) is 0 Å². The second kappa shape index (κ2) is 7.56. The molecule has 1 aliphatic heterocycles. The molecular formula is C20H20ClF2N5O3. The molecule has 1 aliphatic carbocycles. The number of aliphatic hydroxyl groups excluding tert-OH is 2. The lowest BCUT2D eigenvalue weighted by molar-refractivity contribution is -0.0167. The first-order chi connectivity index (χ1) is 14.9. The molecule has 8 nitrogen and oxygen atoms in total. The molecule has 1 aromatic carbocycles. The molecule has 3 aromatic rings. The van der Waals surface area contributed by atoms with Crippen LogP contribution in [0.2, 0.25) is 5.02 Å². The Morgan fingerprint density at radius 1 is 1.23 bits per heavy atom. The van der Waals surface area contributed by atoms with Gasteiger partial charge in [0.15, 0.2) is 11.6 Å². The summed E-state index contributed by atoms with van der Waals surface area (Å²) >= 11 is 6.28.